The molecule has 0 radical (unpaired) electrons. The van der Waals surface area contributed by atoms with Gasteiger partial charge in [-0.3, -0.25) is 9.59 Å². The number of amides is 2. The molecule has 0 fully saturated rings. The lowest BCUT2D eigenvalue weighted by Crippen LogP contribution is -2.35. The number of rotatable bonds is 8. The van der Waals surface area contributed by atoms with Crippen molar-refractivity contribution in [2.75, 3.05) is 18.5 Å². The fraction of sp³-hybridized carbons (Fsp3) is 0.250. The molecule has 0 saturated heterocycles. The van der Waals surface area contributed by atoms with E-state index >= 15 is 0 Å². The van der Waals surface area contributed by atoms with Crippen molar-refractivity contribution in [1.82, 2.24) is 4.90 Å². The van der Waals surface area contributed by atoms with Gasteiger partial charge in [0.25, 0.3) is 0 Å². The van der Waals surface area contributed by atoms with Crippen molar-refractivity contribution in [2.24, 2.45) is 0 Å². The van der Waals surface area contributed by atoms with Gasteiger partial charge in [-0.2, -0.15) is 5.26 Å². The Balaban J connectivity index is 1.41. The van der Waals surface area contributed by atoms with Gasteiger partial charge in [0, 0.05) is 29.5 Å². The second-order valence-corrected chi connectivity index (χ2v) is 9.27. The predicted molar refractivity (Wildman–Crippen MR) is 138 cm³/mol. The number of ether oxygens (including phenoxy) is 1. The Morgan fingerprint density at radius 3 is 2.71 bits per heavy atom. The molecule has 0 aliphatic carbocycles. The number of carbonyl (C=O) groups excluding carboxylic acids is 2. The molecule has 0 spiro atoms. The molecule has 4 rings (SSSR count). The molecule has 0 bridgehead atoms. The molecular formula is C28H27N3O3S. The van der Waals surface area contributed by atoms with Crippen LogP contribution in [0.4, 0.5) is 5.00 Å². The van der Waals surface area contributed by atoms with Crippen molar-refractivity contribution in [3.8, 4) is 11.8 Å². The third-order valence-electron chi connectivity index (χ3n) is 5.86. The minimum Gasteiger partial charge on any atom is -0.493 e. The van der Waals surface area contributed by atoms with Gasteiger partial charge >= 0.3 is 0 Å². The summed E-state index contributed by atoms with van der Waals surface area (Å²) >= 11 is 1.38. The van der Waals surface area contributed by atoms with Crippen LogP contribution in [-0.2, 0) is 29.0 Å². The van der Waals surface area contributed by atoms with Crippen LogP contribution < -0.4 is 10.1 Å². The lowest BCUT2D eigenvalue weighted by molar-refractivity contribution is -0.132. The van der Waals surface area contributed by atoms with E-state index in [9.17, 15) is 14.9 Å². The maximum Gasteiger partial charge on any atom is 0.249 e. The molecule has 178 valence electrons. The maximum atomic E-state index is 12.8. The van der Waals surface area contributed by atoms with Gasteiger partial charge in [-0.25, -0.2) is 0 Å². The number of para-hydroxylation sites is 1. The number of carbonyl (C=O) groups is 2. The summed E-state index contributed by atoms with van der Waals surface area (Å²) in [5, 5.41) is 13.1. The highest BCUT2D eigenvalue weighted by Gasteiger charge is 2.27. The molecule has 6 nitrogen and oxygen atoms in total. The van der Waals surface area contributed by atoms with Crippen LogP contribution in [-0.4, -0.2) is 29.9 Å². The summed E-state index contributed by atoms with van der Waals surface area (Å²) in [6.45, 7) is 3.49. The smallest absolute Gasteiger partial charge is 0.249 e. The number of hydrogen-bond acceptors (Lipinski definition) is 5. The van der Waals surface area contributed by atoms with Crippen molar-refractivity contribution >= 4 is 34.2 Å². The average Bonchev–Trinajstić information content (AvgIpc) is 3.23. The topological polar surface area (TPSA) is 82.4 Å². The van der Waals surface area contributed by atoms with Crippen LogP contribution in [0.1, 0.15) is 40.5 Å². The van der Waals surface area contributed by atoms with Crippen molar-refractivity contribution in [1.29, 1.82) is 5.26 Å². The Morgan fingerprint density at radius 2 is 1.94 bits per heavy atom. The first kappa shape index (κ1) is 24.2. The Labute approximate surface area is 209 Å². The summed E-state index contributed by atoms with van der Waals surface area (Å²) in [6.07, 6.45) is 4.91. The van der Waals surface area contributed by atoms with Crippen LogP contribution in [0.15, 0.2) is 60.7 Å². The molecule has 0 unspecified atom stereocenters. The van der Waals surface area contributed by atoms with Gasteiger partial charge in [0.15, 0.2) is 0 Å². The number of anilines is 1. The first-order valence-electron chi connectivity index (χ1n) is 11.7. The van der Waals surface area contributed by atoms with Gasteiger partial charge in [-0.15, -0.1) is 11.3 Å². The summed E-state index contributed by atoms with van der Waals surface area (Å²) in [4.78, 5) is 28.2. The highest BCUT2D eigenvalue weighted by molar-refractivity contribution is 7.16. The van der Waals surface area contributed by atoms with Gasteiger partial charge in [-0.1, -0.05) is 48.5 Å². The molecule has 2 heterocycles. The van der Waals surface area contributed by atoms with Crippen molar-refractivity contribution in [2.45, 2.75) is 32.7 Å². The van der Waals surface area contributed by atoms with E-state index in [2.05, 4.69) is 11.4 Å². The lowest BCUT2D eigenvalue weighted by Gasteiger charge is -2.27. The fourth-order valence-electron chi connectivity index (χ4n) is 4.10. The summed E-state index contributed by atoms with van der Waals surface area (Å²) in [6, 6.07) is 19.7. The Morgan fingerprint density at radius 1 is 1.17 bits per heavy atom. The highest BCUT2D eigenvalue weighted by Crippen LogP contribution is 2.37. The number of aryl methyl sites for hydroxylation is 1. The monoisotopic (exact) mass is 485 g/mol. The van der Waals surface area contributed by atoms with E-state index in [4.69, 9.17) is 4.74 Å². The van der Waals surface area contributed by atoms with Crippen molar-refractivity contribution in [3.05, 3.63) is 87.8 Å². The normalized spacial score (nSPS) is 12.7. The van der Waals surface area contributed by atoms with Crippen LogP contribution in [0.5, 0.6) is 5.75 Å². The molecule has 0 saturated carbocycles. The van der Waals surface area contributed by atoms with Crippen LogP contribution in [0.2, 0.25) is 0 Å². The Kier molecular flexibility index (Phi) is 7.96. The van der Waals surface area contributed by atoms with E-state index in [-0.39, 0.29) is 11.8 Å². The van der Waals surface area contributed by atoms with Gasteiger partial charge in [0.05, 0.1) is 18.7 Å². The number of thiophene rings is 1. The third kappa shape index (κ3) is 5.97. The van der Waals surface area contributed by atoms with E-state index in [1.165, 1.54) is 17.4 Å². The highest BCUT2D eigenvalue weighted by atomic mass is 32.1. The molecule has 1 N–H and O–H groups in total. The number of nitrogens with one attached hydrogen (secondary N) is 1. The number of hydrogen-bond donors (Lipinski definition) is 1. The number of nitriles is 1. The molecule has 2 aromatic carbocycles. The van der Waals surface area contributed by atoms with E-state index in [0.717, 1.165) is 21.6 Å². The molecule has 7 heteroatoms. The molecule has 0 atom stereocenters. The number of benzene rings is 2. The standard InChI is InChI=1S/C28H27N3O3S/c1-2-34-24-11-7-6-10-21(24)13-14-26(32)30-28-23(18-29)22-16-17-31(19-25(22)35-28)27(33)15-12-20-8-4-3-5-9-20/h3-11,13-14H,2,12,15-17,19H2,1H3,(H,30,32)/b14-13+. The fourth-order valence-corrected chi connectivity index (χ4v) is 5.32. The number of nitrogens with zero attached hydrogens (tertiary/aromatic N) is 2. The summed E-state index contributed by atoms with van der Waals surface area (Å²) in [5.41, 5.74) is 3.38. The van der Waals surface area contributed by atoms with E-state index in [1.54, 1.807) is 6.08 Å². The van der Waals surface area contributed by atoms with Crippen LogP contribution in [0, 0.1) is 11.3 Å². The van der Waals surface area contributed by atoms with Crippen LogP contribution in [0.3, 0.4) is 0 Å². The predicted octanol–water partition coefficient (Wildman–Crippen LogP) is 5.19. The second-order valence-electron chi connectivity index (χ2n) is 8.16. The van der Waals surface area contributed by atoms with Gasteiger partial charge in [0.2, 0.25) is 11.8 Å². The zero-order valence-corrected chi connectivity index (χ0v) is 20.4. The van der Waals surface area contributed by atoms with Gasteiger partial charge in [0.1, 0.15) is 16.8 Å². The minimum atomic E-state index is -0.317. The SMILES string of the molecule is CCOc1ccccc1/C=C/C(=O)Nc1sc2c(c1C#N)CCN(C(=O)CCc1ccccc1)C2. The molecule has 1 aliphatic heterocycles. The first-order valence-corrected chi connectivity index (χ1v) is 12.5. The van der Waals surface area contributed by atoms with Gasteiger partial charge in [-0.05, 0) is 43.0 Å². The van der Waals surface area contributed by atoms with Crippen molar-refractivity contribution in [3.63, 3.8) is 0 Å². The first-order chi connectivity index (χ1) is 17.1. The van der Waals surface area contributed by atoms with Crippen molar-refractivity contribution < 1.29 is 14.3 Å². The zero-order valence-electron chi connectivity index (χ0n) is 19.6. The molecule has 35 heavy (non-hydrogen) atoms. The Bertz CT molecular complexity index is 1270. The largest absolute Gasteiger partial charge is 0.493 e. The lowest BCUT2D eigenvalue weighted by atomic mass is 10.0. The van der Waals surface area contributed by atoms with Gasteiger partial charge < -0.3 is 15.0 Å². The average molecular weight is 486 g/mol. The minimum absolute atomic E-state index is 0.105. The molecule has 3 aromatic rings. The molecule has 2 amide bonds. The van der Waals surface area contributed by atoms with E-state index in [0.29, 0.717) is 55.3 Å². The summed E-state index contributed by atoms with van der Waals surface area (Å²) in [5.74, 6) is 0.496. The Hall–Kier alpha value is -3.89. The van der Waals surface area contributed by atoms with E-state index in [1.807, 2.05) is 66.4 Å². The van der Waals surface area contributed by atoms with E-state index < -0.39 is 0 Å². The van der Waals surface area contributed by atoms with Crippen LogP contribution >= 0.6 is 11.3 Å². The summed E-state index contributed by atoms with van der Waals surface area (Å²) in [7, 11) is 0. The quantitative estimate of drug-likeness (QED) is 0.445. The molecular weight excluding hydrogens is 458 g/mol. The zero-order chi connectivity index (χ0) is 24.6. The summed E-state index contributed by atoms with van der Waals surface area (Å²) < 4.78 is 5.59. The molecule has 1 aliphatic rings. The third-order valence-corrected chi connectivity index (χ3v) is 6.99. The van der Waals surface area contributed by atoms with Crippen LogP contribution in [0.25, 0.3) is 6.08 Å². The molecule has 1 aromatic heterocycles. The maximum absolute atomic E-state index is 12.8. The second kappa shape index (κ2) is 11.5. The number of fused-ring (bicyclic) bond motifs is 1.